The molecule has 2 aromatic rings. The molecule has 7 heteroatoms. The van der Waals surface area contributed by atoms with Crippen LogP contribution in [0.3, 0.4) is 0 Å². The number of fused-ring (bicyclic) bond motifs is 2. The largest absolute Gasteiger partial charge is 0.416 e. The topological polar surface area (TPSA) is 58.1 Å². The molecule has 0 amide bonds. The first kappa shape index (κ1) is 17.9. The van der Waals surface area contributed by atoms with Crippen LogP contribution in [0.4, 0.5) is 19.0 Å². The van der Waals surface area contributed by atoms with Crippen molar-refractivity contribution in [1.29, 1.82) is 0 Å². The van der Waals surface area contributed by atoms with E-state index < -0.39 is 23.6 Å². The fraction of sp³-hybridized carbons (Fsp3) is 0.450. The van der Waals surface area contributed by atoms with Gasteiger partial charge in [-0.3, -0.25) is 9.89 Å². The van der Waals surface area contributed by atoms with Gasteiger partial charge in [-0.25, -0.2) is 4.99 Å². The molecule has 1 aliphatic carbocycles. The van der Waals surface area contributed by atoms with Crippen molar-refractivity contribution in [2.45, 2.75) is 45.7 Å². The minimum atomic E-state index is -4.44. The maximum Gasteiger partial charge on any atom is 0.416 e. The second kappa shape index (κ2) is 5.78. The third-order valence-electron chi connectivity index (χ3n) is 5.46. The molecule has 0 bridgehead atoms. The molecule has 0 saturated heterocycles. The number of rotatable bonds is 1. The van der Waals surface area contributed by atoms with Crippen LogP contribution < -0.4 is 0 Å². The van der Waals surface area contributed by atoms with Crippen molar-refractivity contribution in [2.75, 3.05) is 0 Å². The van der Waals surface area contributed by atoms with Crippen molar-refractivity contribution in [3.05, 3.63) is 46.6 Å². The average Bonchev–Trinajstić information content (AvgIpc) is 2.92. The van der Waals surface area contributed by atoms with Gasteiger partial charge in [-0.15, -0.1) is 0 Å². The number of aryl methyl sites for hydroxylation is 1. The number of ketones is 1. The molecule has 2 heterocycles. The van der Waals surface area contributed by atoms with Crippen molar-refractivity contribution in [3.63, 3.8) is 0 Å². The van der Waals surface area contributed by atoms with Gasteiger partial charge in [0.25, 0.3) is 0 Å². The second-order valence-corrected chi connectivity index (χ2v) is 8.25. The van der Waals surface area contributed by atoms with Crippen LogP contribution in [0.25, 0.3) is 0 Å². The van der Waals surface area contributed by atoms with Crippen LogP contribution in [0.2, 0.25) is 0 Å². The smallest absolute Gasteiger partial charge is 0.299 e. The number of hydrogen-bond acceptors (Lipinski definition) is 3. The highest BCUT2D eigenvalue weighted by atomic mass is 19.4. The van der Waals surface area contributed by atoms with E-state index in [-0.39, 0.29) is 11.2 Å². The number of H-pyrrole nitrogens is 1. The van der Waals surface area contributed by atoms with E-state index in [0.717, 1.165) is 29.1 Å². The molecule has 0 radical (unpaired) electrons. The minimum Gasteiger partial charge on any atom is -0.299 e. The Labute approximate surface area is 154 Å². The fourth-order valence-electron chi connectivity index (χ4n) is 4.37. The summed E-state index contributed by atoms with van der Waals surface area (Å²) in [6.45, 7) is 5.83. The standard InChI is InChI=1S/C20H20F3N3O/c1-10-15-16(11-5-4-6-12(7-11)20(21,22)23)17-13(24-18(15)26-25-10)8-19(2,3)9-14(17)27/h4-7,16-17H,8-9H2,1-3H3,(H,25,26). The molecule has 1 aliphatic heterocycles. The third-order valence-corrected chi connectivity index (χ3v) is 5.46. The number of carbonyl (C=O) groups excluding carboxylic acids is 1. The highest BCUT2D eigenvalue weighted by Gasteiger charge is 2.47. The van der Waals surface area contributed by atoms with Gasteiger partial charge in [-0.05, 0) is 30.4 Å². The highest BCUT2D eigenvalue weighted by molar-refractivity contribution is 6.11. The number of aliphatic imine (C=N–C) groups is 1. The summed E-state index contributed by atoms with van der Waals surface area (Å²) >= 11 is 0. The van der Waals surface area contributed by atoms with Crippen LogP contribution in [-0.4, -0.2) is 21.7 Å². The summed E-state index contributed by atoms with van der Waals surface area (Å²) in [4.78, 5) is 17.6. The summed E-state index contributed by atoms with van der Waals surface area (Å²) in [5.74, 6) is -0.534. The molecule has 4 nitrogen and oxygen atoms in total. The van der Waals surface area contributed by atoms with Crippen molar-refractivity contribution >= 4 is 17.3 Å². The lowest BCUT2D eigenvalue weighted by molar-refractivity contribution is -0.137. The van der Waals surface area contributed by atoms with E-state index in [1.54, 1.807) is 6.07 Å². The van der Waals surface area contributed by atoms with Gasteiger partial charge < -0.3 is 0 Å². The van der Waals surface area contributed by atoms with E-state index in [4.69, 9.17) is 0 Å². The molecule has 0 spiro atoms. The predicted molar refractivity (Wildman–Crippen MR) is 95.2 cm³/mol. The Bertz CT molecular complexity index is 956. The van der Waals surface area contributed by atoms with Crippen molar-refractivity contribution < 1.29 is 18.0 Å². The normalized spacial score (nSPS) is 24.2. The summed E-state index contributed by atoms with van der Waals surface area (Å²) in [7, 11) is 0. The Balaban J connectivity index is 1.90. The Hall–Kier alpha value is -2.44. The van der Waals surface area contributed by atoms with Crippen LogP contribution in [-0.2, 0) is 11.0 Å². The molecule has 2 unspecified atom stereocenters. The summed E-state index contributed by atoms with van der Waals surface area (Å²) in [6.07, 6.45) is -3.42. The molecule has 27 heavy (non-hydrogen) atoms. The number of hydrogen-bond donors (Lipinski definition) is 1. The van der Waals surface area contributed by atoms with Gasteiger partial charge in [0.2, 0.25) is 0 Å². The van der Waals surface area contributed by atoms with E-state index in [9.17, 15) is 18.0 Å². The van der Waals surface area contributed by atoms with Crippen molar-refractivity contribution in [2.24, 2.45) is 16.3 Å². The number of carbonyl (C=O) groups is 1. The number of aromatic amines is 1. The summed E-state index contributed by atoms with van der Waals surface area (Å²) in [5, 5.41) is 7.10. The first-order valence-electron chi connectivity index (χ1n) is 8.89. The van der Waals surface area contributed by atoms with Crippen LogP contribution in [0.5, 0.6) is 0 Å². The SMILES string of the molecule is Cc1[nH]nc2c1C(c1cccc(C(F)(F)F)c1)C1C(=O)CC(C)(C)CC1=N2. The zero-order valence-corrected chi connectivity index (χ0v) is 15.3. The number of alkyl halides is 3. The van der Waals surface area contributed by atoms with Gasteiger partial charge in [0, 0.05) is 29.3 Å². The first-order chi connectivity index (χ1) is 12.6. The maximum absolute atomic E-state index is 13.3. The van der Waals surface area contributed by atoms with E-state index in [2.05, 4.69) is 15.2 Å². The lowest BCUT2D eigenvalue weighted by Crippen LogP contribution is -2.42. The number of nitrogens with zero attached hydrogens (tertiary/aromatic N) is 2. The van der Waals surface area contributed by atoms with Gasteiger partial charge in [0.15, 0.2) is 5.82 Å². The molecule has 1 N–H and O–H groups in total. The summed E-state index contributed by atoms with van der Waals surface area (Å²) in [5.41, 5.74) is 1.71. The van der Waals surface area contributed by atoms with Gasteiger partial charge in [-0.1, -0.05) is 32.0 Å². The summed E-state index contributed by atoms with van der Waals surface area (Å²) < 4.78 is 39.8. The van der Waals surface area contributed by atoms with Crippen LogP contribution in [0.15, 0.2) is 29.3 Å². The fourth-order valence-corrected chi connectivity index (χ4v) is 4.37. The Morgan fingerprint density at radius 1 is 1.19 bits per heavy atom. The van der Waals surface area contributed by atoms with Crippen molar-refractivity contribution in [1.82, 2.24) is 10.2 Å². The highest BCUT2D eigenvalue weighted by Crippen LogP contribution is 2.49. The zero-order chi connectivity index (χ0) is 19.6. The molecular weight excluding hydrogens is 355 g/mol. The number of nitrogens with one attached hydrogen (secondary N) is 1. The number of Topliss-reactive ketones (excluding diaryl/α,β-unsaturated/α-hetero) is 1. The van der Waals surface area contributed by atoms with E-state index in [0.29, 0.717) is 24.2 Å². The van der Waals surface area contributed by atoms with Crippen molar-refractivity contribution in [3.8, 4) is 0 Å². The van der Waals surface area contributed by atoms with Crippen LogP contribution in [0.1, 0.15) is 55.0 Å². The van der Waals surface area contributed by atoms with Crippen LogP contribution in [0, 0.1) is 18.3 Å². The third kappa shape index (κ3) is 2.99. The molecule has 2 atom stereocenters. The quantitative estimate of drug-likeness (QED) is 0.766. The number of benzene rings is 1. The average molecular weight is 375 g/mol. The molecule has 4 rings (SSSR count). The lowest BCUT2D eigenvalue weighted by atomic mass is 9.63. The first-order valence-corrected chi connectivity index (χ1v) is 8.89. The molecule has 142 valence electrons. The molecule has 1 saturated carbocycles. The Morgan fingerprint density at radius 3 is 2.63 bits per heavy atom. The zero-order valence-electron chi connectivity index (χ0n) is 15.3. The molecule has 1 fully saturated rings. The molecule has 1 aromatic carbocycles. The van der Waals surface area contributed by atoms with Gasteiger partial charge in [0.05, 0.1) is 11.5 Å². The van der Waals surface area contributed by atoms with E-state index in [1.807, 2.05) is 20.8 Å². The molecule has 1 aromatic heterocycles. The minimum absolute atomic E-state index is 0.0265. The summed E-state index contributed by atoms with van der Waals surface area (Å²) in [6, 6.07) is 5.26. The maximum atomic E-state index is 13.3. The van der Waals surface area contributed by atoms with E-state index in [1.165, 1.54) is 6.07 Å². The molecule has 2 aliphatic rings. The van der Waals surface area contributed by atoms with Gasteiger partial charge in [-0.2, -0.15) is 18.3 Å². The van der Waals surface area contributed by atoms with Crippen LogP contribution >= 0.6 is 0 Å². The Kier molecular flexibility index (Phi) is 3.84. The predicted octanol–water partition coefficient (Wildman–Crippen LogP) is 4.96. The number of halogens is 3. The Morgan fingerprint density at radius 2 is 1.93 bits per heavy atom. The van der Waals surface area contributed by atoms with E-state index >= 15 is 0 Å². The van der Waals surface area contributed by atoms with Gasteiger partial charge in [0.1, 0.15) is 5.78 Å². The molecular formula is C20H20F3N3O. The monoisotopic (exact) mass is 375 g/mol. The number of aromatic nitrogens is 2. The lowest BCUT2D eigenvalue weighted by Gasteiger charge is -2.40. The second-order valence-electron chi connectivity index (χ2n) is 8.25. The van der Waals surface area contributed by atoms with Gasteiger partial charge >= 0.3 is 6.18 Å².